The van der Waals surface area contributed by atoms with Gasteiger partial charge in [0.15, 0.2) is 0 Å². The molecule has 0 unspecified atom stereocenters. The second-order valence-corrected chi connectivity index (χ2v) is 6.16. The van der Waals surface area contributed by atoms with Gasteiger partial charge in [-0.05, 0) is 49.8 Å². The molecule has 112 valence electrons. The molecule has 2 aliphatic carbocycles. The molecule has 1 N–H and O–H groups in total. The summed E-state index contributed by atoms with van der Waals surface area (Å²) in [7, 11) is 1.79. The molecule has 2 aliphatic rings. The van der Waals surface area contributed by atoms with Crippen LogP contribution in [0.15, 0.2) is 24.5 Å². The molecule has 0 aliphatic heterocycles. The molecule has 3 rings (SSSR count). The first-order valence-corrected chi connectivity index (χ1v) is 7.57. The van der Waals surface area contributed by atoms with E-state index in [9.17, 15) is 9.59 Å². The number of likely N-dealkylation sites (N-methyl/N-ethyl adjacent to an activating group) is 1. The quantitative estimate of drug-likeness (QED) is 0.798. The lowest BCUT2D eigenvalue weighted by Gasteiger charge is -2.23. The van der Waals surface area contributed by atoms with Crippen LogP contribution in [0.25, 0.3) is 0 Å². The fraction of sp³-hybridized carbons (Fsp3) is 0.562. The van der Waals surface area contributed by atoms with E-state index in [0.29, 0.717) is 25.4 Å². The van der Waals surface area contributed by atoms with E-state index in [1.54, 1.807) is 24.3 Å². The van der Waals surface area contributed by atoms with Crippen LogP contribution < -0.4 is 5.32 Å². The van der Waals surface area contributed by atoms with E-state index in [1.165, 1.54) is 0 Å². The van der Waals surface area contributed by atoms with E-state index in [4.69, 9.17) is 0 Å². The summed E-state index contributed by atoms with van der Waals surface area (Å²) in [6, 6.07) is 4.21. The number of rotatable bonds is 6. The topological polar surface area (TPSA) is 62.3 Å². The zero-order chi connectivity index (χ0) is 14.9. The van der Waals surface area contributed by atoms with Gasteiger partial charge in [-0.25, -0.2) is 0 Å². The van der Waals surface area contributed by atoms with Gasteiger partial charge >= 0.3 is 0 Å². The number of hydrogen-bond donors (Lipinski definition) is 1. The molecule has 0 atom stereocenters. The van der Waals surface area contributed by atoms with Crippen molar-refractivity contribution >= 4 is 11.8 Å². The highest BCUT2D eigenvalue weighted by Gasteiger charge is 2.58. The second kappa shape index (κ2) is 5.47. The molecule has 0 bridgehead atoms. The number of nitrogens with zero attached hydrogens (tertiary/aromatic N) is 2. The Hall–Kier alpha value is -1.91. The predicted octanol–water partition coefficient (Wildman–Crippen LogP) is 1.14. The van der Waals surface area contributed by atoms with Crippen molar-refractivity contribution in [3.8, 4) is 0 Å². The molecule has 0 saturated heterocycles. The van der Waals surface area contributed by atoms with Crippen molar-refractivity contribution in [3.05, 3.63) is 30.1 Å². The monoisotopic (exact) mass is 287 g/mol. The van der Waals surface area contributed by atoms with Gasteiger partial charge in [0.05, 0.1) is 0 Å². The van der Waals surface area contributed by atoms with E-state index in [2.05, 4.69) is 10.3 Å². The molecule has 5 nitrogen and oxygen atoms in total. The Morgan fingerprint density at radius 2 is 2.00 bits per heavy atom. The maximum Gasteiger partial charge on any atom is 0.238 e. The van der Waals surface area contributed by atoms with Crippen molar-refractivity contribution in [2.45, 2.75) is 38.1 Å². The minimum Gasteiger partial charge on any atom is -0.352 e. The summed E-state index contributed by atoms with van der Waals surface area (Å²) in [6.07, 6.45) is 7.76. The molecule has 5 heteroatoms. The summed E-state index contributed by atoms with van der Waals surface area (Å²) in [6.45, 7) is 0.626. The van der Waals surface area contributed by atoms with Crippen LogP contribution in [0.3, 0.4) is 0 Å². The molecule has 0 radical (unpaired) electrons. The first kappa shape index (κ1) is 14.0. The highest BCUT2D eigenvalue weighted by Crippen LogP contribution is 2.47. The minimum atomic E-state index is -0.768. The zero-order valence-corrected chi connectivity index (χ0v) is 12.3. The van der Waals surface area contributed by atoms with Crippen LogP contribution >= 0.6 is 0 Å². The van der Waals surface area contributed by atoms with Crippen LogP contribution in [0.5, 0.6) is 0 Å². The van der Waals surface area contributed by atoms with Gasteiger partial charge < -0.3 is 10.2 Å². The van der Waals surface area contributed by atoms with Crippen molar-refractivity contribution in [2.24, 2.45) is 5.41 Å². The smallest absolute Gasteiger partial charge is 0.238 e. The lowest BCUT2D eigenvalue weighted by Crippen LogP contribution is -2.45. The van der Waals surface area contributed by atoms with Crippen LogP contribution in [0.1, 0.15) is 31.2 Å². The fourth-order valence-electron chi connectivity index (χ4n) is 2.53. The van der Waals surface area contributed by atoms with Crippen LogP contribution in [0, 0.1) is 5.41 Å². The number of amides is 2. The van der Waals surface area contributed by atoms with Crippen LogP contribution in [0.2, 0.25) is 0 Å². The molecule has 1 heterocycles. The number of nitrogens with one attached hydrogen (secondary N) is 1. The standard InChI is InChI=1S/C16H21N3O2/c1-19(11-6-12-4-9-17-10-5-12)15(21)16(7-8-16)14(20)18-13-2-3-13/h4-5,9-10,13H,2-3,6-8,11H2,1H3,(H,18,20). The van der Waals surface area contributed by atoms with E-state index >= 15 is 0 Å². The number of carbonyl (C=O) groups is 2. The molecule has 0 aromatic carbocycles. The summed E-state index contributed by atoms with van der Waals surface area (Å²) in [5, 5.41) is 2.97. The number of carbonyl (C=O) groups excluding carboxylic acids is 2. The Bertz CT molecular complexity index is 536. The SMILES string of the molecule is CN(CCc1ccncc1)C(=O)C1(C(=O)NC2CC2)CC1. The molecular formula is C16H21N3O2. The summed E-state index contributed by atoms with van der Waals surface area (Å²) < 4.78 is 0. The number of pyridine rings is 1. The van der Waals surface area contributed by atoms with E-state index in [1.807, 2.05) is 12.1 Å². The maximum absolute atomic E-state index is 12.5. The summed E-state index contributed by atoms with van der Waals surface area (Å²) in [4.78, 5) is 30.4. The molecular weight excluding hydrogens is 266 g/mol. The third kappa shape index (κ3) is 3.06. The summed E-state index contributed by atoms with van der Waals surface area (Å²) >= 11 is 0. The molecule has 21 heavy (non-hydrogen) atoms. The highest BCUT2D eigenvalue weighted by molar-refractivity contribution is 6.07. The van der Waals surface area contributed by atoms with Crippen LogP contribution in [0.4, 0.5) is 0 Å². The fourth-order valence-corrected chi connectivity index (χ4v) is 2.53. The average Bonchev–Trinajstić information content (AvgIpc) is 3.38. The van der Waals surface area contributed by atoms with Gasteiger partial charge in [-0.1, -0.05) is 0 Å². The van der Waals surface area contributed by atoms with E-state index < -0.39 is 5.41 Å². The minimum absolute atomic E-state index is 0.0327. The lowest BCUT2D eigenvalue weighted by atomic mass is 10.0. The Morgan fingerprint density at radius 3 is 2.57 bits per heavy atom. The van der Waals surface area contributed by atoms with Gasteiger partial charge in [0.25, 0.3) is 0 Å². The zero-order valence-electron chi connectivity index (χ0n) is 12.3. The Labute approximate surface area is 124 Å². The van der Waals surface area contributed by atoms with E-state index in [0.717, 1.165) is 24.8 Å². The predicted molar refractivity (Wildman–Crippen MR) is 78.4 cm³/mol. The number of aromatic nitrogens is 1. The third-order valence-electron chi connectivity index (χ3n) is 4.34. The van der Waals surface area contributed by atoms with Crippen LogP contribution in [-0.2, 0) is 16.0 Å². The summed E-state index contributed by atoms with van der Waals surface area (Å²) in [5.41, 5.74) is 0.382. The molecule has 0 spiro atoms. The van der Waals surface area contributed by atoms with Gasteiger partial charge in [0, 0.05) is 32.0 Å². The van der Waals surface area contributed by atoms with Crippen molar-refractivity contribution in [2.75, 3.05) is 13.6 Å². The van der Waals surface area contributed by atoms with Gasteiger partial charge in [-0.2, -0.15) is 0 Å². The van der Waals surface area contributed by atoms with Crippen molar-refractivity contribution < 1.29 is 9.59 Å². The first-order valence-electron chi connectivity index (χ1n) is 7.57. The Balaban J connectivity index is 1.55. The first-order chi connectivity index (χ1) is 10.1. The average molecular weight is 287 g/mol. The maximum atomic E-state index is 12.5. The summed E-state index contributed by atoms with van der Waals surface area (Å²) in [5.74, 6) is -0.0968. The Morgan fingerprint density at radius 1 is 1.33 bits per heavy atom. The molecule has 2 saturated carbocycles. The van der Waals surface area contributed by atoms with Gasteiger partial charge in [0.2, 0.25) is 11.8 Å². The molecule has 1 aromatic heterocycles. The van der Waals surface area contributed by atoms with Gasteiger partial charge in [-0.3, -0.25) is 14.6 Å². The van der Waals surface area contributed by atoms with Crippen molar-refractivity contribution in [1.29, 1.82) is 0 Å². The Kier molecular flexibility index (Phi) is 3.66. The lowest BCUT2D eigenvalue weighted by molar-refractivity contribution is -0.143. The third-order valence-corrected chi connectivity index (χ3v) is 4.34. The normalized spacial score (nSPS) is 18.9. The van der Waals surface area contributed by atoms with Crippen molar-refractivity contribution in [3.63, 3.8) is 0 Å². The van der Waals surface area contributed by atoms with Gasteiger partial charge in [0.1, 0.15) is 5.41 Å². The molecule has 2 amide bonds. The van der Waals surface area contributed by atoms with Crippen LogP contribution in [-0.4, -0.2) is 41.3 Å². The van der Waals surface area contributed by atoms with Gasteiger partial charge in [-0.15, -0.1) is 0 Å². The number of hydrogen-bond acceptors (Lipinski definition) is 3. The van der Waals surface area contributed by atoms with E-state index in [-0.39, 0.29) is 11.8 Å². The van der Waals surface area contributed by atoms with Crippen molar-refractivity contribution in [1.82, 2.24) is 15.2 Å². The molecule has 2 fully saturated rings. The molecule has 1 aromatic rings. The highest BCUT2D eigenvalue weighted by atomic mass is 16.2. The second-order valence-electron chi connectivity index (χ2n) is 6.16. The largest absolute Gasteiger partial charge is 0.352 e.